The number of H-pyrrole nitrogens is 1. The molecule has 19 heavy (non-hydrogen) atoms. The summed E-state index contributed by atoms with van der Waals surface area (Å²) in [6.45, 7) is 6.42. The first-order valence-electron chi connectivity index (χ1n) is 7.02. The van der Waals surface area contributed by atoms with Crippen LogP contribution in [0.2, 0.25) is 0 Å². The molecule has 1 aliphatic heterocycles. The van der Waals surface area contributed by atoms with E-state index in [9.17, 15) is 4.79 Å². The van der Waals surface area contributed by atoms with E-state index in [4.69, 9.17) is 4.74 Å². The Bertz CT molecular complexity index is 470. The Morgan fingerprint density at radius 1 is 1.37 bits per heavy atom. The van der Waals surface area contributed by atoms with Crippen LogP contribution in [0.25, 0.3) is 0 Å². The first-order valence-corrected chi connectivity index (χ1v) is 7.02. The summed E-state index contributed by atoms with van der Waals surface area (Å²) in [5.41, 5.74) is 0.251. The molecule has 0 aromatic carbocycles. The third-order valence-electron chi connectivity index (χ3n) is 4.62. The summed E-state index contributed by atoms with van der Waals surface area (Å²) in [6, 6.07) is 0. The Morgan fingerprint density at radius 2 is 2.00 bits per heavy atom. The average Bonchev–Trinajstić information content (AvgIpc) is 2.47. The van der Waals surface area contributed by atoms with Crippen molar-refractivity contribution in [2.24, 2.45) is 5.41 Å². The molecule has 1 N–H and O–H groups in total. The van der Waals surface area contributed by atoms with Crippen LogP contribution in [0.3, 0.4) is 0 Å². The number of nitrogens with zero attached hydrogens (tertiary/aromatic N) is 2. The quantitative estimate of drug-likeness (QED) is 0.906. The Morgan fingerprint density at radius 3 is 2.53 bits per heavy atom. The van der Waals surface area contributed by atoms with Crippen molar-refractivity contribution in [2.45, 2.75) is 39.5 Å². The molecule has 2 rings (SSSR count). The molecule has 0 saturated carbocycles. The van der Waals surface area contributed by atoms with Gasteiger partial charge in [0.2, 0.25) is 5.75 Å². The van der Waals surface area contributed by atoms with Gasteiger partial charge in [0.25, 0.3) is 5.56 Å². The SMILES string of the molecule is CCC1(CC)CCN(c2nc[nH]c(=O)c2OC)CC1. The lowest BCUT2D eigenvalue weighted by Crippen LogP contribution is -2.40. The Labute approximate surface area is 114 Å². The zero-order valence-corrected chi connectivity index (χ0v) is 12.0. The number of aromatic amines is 1. The minimum absolute atomic E-state index is 0.213. The van der Waals surface area contributed by atoms with Gasteiger partial charge in [-0.25, -0.2) is 4.98 Å². The largest absolute Gasteiger partial charge is 0.489 e. The van der Waals surface area contributed by atoms with Crippen molar-refractivity contribution >= 4 is 5.82 Å². The second-order valence-corrected chi connectivity index (χ2v) is 5.28. The molecule has 0 atom stereocenters. The molecule has 0 amide bonds. The predicted octanol–water partition coefficient (Wildman–Crippen LogP) is 2.19. The maximum atomic E-state index is 11.7. The number of hydrogen-bond acceptors (Lipinski definition) is 4. The number of methoxy groups -OCH3 is 1. The van der Waals surface area contributed by atoms with E-state index in [-0.39, 0.29) is 5.56 Å². The summed E-state index contributed by atoms with van der Waals surface area (Å²) in [7, 11) is 1.52. The van der Waals surface area contributed by atoms with Crippen molar-refractivity contribution in [1.29, 1.82) is 0 Å². The molecule has 5 heteroatoms. The number of rotatable bonds is 4. The fourth-order valence-corrected chi connectivity index (χ4v) is 2.94. The van der Waals surface area contributed by atoms with Crippen LogP contribution in [0.15, 0.2) is 11.1 Å². The van der Waals surface area contributed by atoms with Crippen molar-refractivity contribution in [3.63, 3.8) is 0 Å². The molecular formula is C14H23N3O2. The molecule has 0 bridgehead atoms. The molecule has 2 heterocycles. The maximum absolute atomic E-state index is 11.7. The highest BCUT2D eigenvalue weighted by atomic mass is 16.5. The van der Waals surface area contributed by atoms with Gasteiger partial charge in [-0.3, -0.25) is 4.79 Å². The molecular weight excluding hydrogens is 242 g/mol. The van der Waals surface area contributed by atoms with E-state index in [2.05, 4.69) is 28.7 Å². The smallest absolute Gasteiger partial charge is 0.295 e. The number of piperidine rings is 1. The first kappa shape index (κ1) is 13.9. The Balaban J connectivity index is 2.18. The van der Waals surface area contributed by atoms with Crippen molar-refractivity contribution in [1.82, 2.24) is 9.97 Å². The van der Waals surface area contributed by atoms with Crippen molar-refractivity contribution in [3.8, 4) is 5.75 Å². The van der Waals surface area contributed by atoms with Crippen LogP contribution in [0.1, 0.15) is 39.5 Å². The van der Waals surface area contributed by atoms with Crippen LogP contribution in [-0.4, -0.2) is 30.2 Å². The molecule has 1 aliphatic rings. The lowest BCUT2D eigenvalue weighted by atomic mass is 9.74. The standard InChI is InChI=1S/C14H23N3O2/c1-4-14(5-2)6-8-17(9-7-14)12-11(19-3)13(18)16-10-15-12/h10H,4-9H2,1-3H3,(H,15,16,18). The van der Waals surface area contributed by atoms with Crippen molar-refractivity contribution < 1.29 is 4.74 Å². The summed E-state index contributed by atoms with van der Waals surface area (Å²) in [6.07, 6.45) is 6.19. The van der Waals surface area contributed by atoms with Gasteiger partial charge in [-0.15, -0.1) is 0 Å². The van der Waals surface area contributed by atoms with E-state index >= 15 is 0 Å². The Hall–Kier alpha value is -1.52. The van der Waals surface area contributed by atoms with Gasteiger partial charge in [0, 0.05) is 13.1 Å². The minimum atomic E-state index is -0.213. The van der Waals surface area contributed by atoms with Crippen LogP contribution in [0, 0.1) is 5.41 Å². The van der Waals surface area contributed by atoms with Gasteiger partial charge in [-0.2, -0.15) is 0 Å². The molecule has 1 aromatic heterocycles. The second-order valence-electron chi connectivity index (χ2n) is 5.28. The number of anilines is 1. The Kier molecular flexibility index (Phi) is 4.12. The molecule has 1 aromatic rings. The highest BCUT2D eigenvalue weighted by molar-refractivity contribution is 5.51. The van der Waals surface area contributed by atoms with Crippen molar-refractivity contribution in [3.05, 3.63) is 16.7 Å². The van der Waals surface area contributed by atoms with Crippen LogP contribution >= 0.6 is 0 Å². The van der Waals surface area contributed by atoms with Gasteiger partial charge in [0.1, 0.15) is 0 Å². The van der Waals surface area contributed by atoms with E-state index in [1.807, 2.05) is 0 Å². The second kappa shape index (κ2) is 5.63. The van der Waals surface area contributed by atoms with Gasteiger partial charge in [-0.05, 0) is 18.3 Å². The molecule has 0 aliphatic carbocycles. The van der Waals surface area contributed by atoms with E-state index in [1.54, 1.807) is 0 Å². The third kappa shape index (κ3) is 2.60. The van der Waals surface area contributed by atoms with E-state index in [0.717, 1.165) is 25.9 Å². The van der Waals surface area contributed by atoms with Crippen LogP contribution in [0.5, 0.6) is 5.75 Å². The average molecular weight is 265 g/mol. The van der Waals surface area contributed by atoms with Crippen molar-refractivity contribution in [2.75, 3.05) is 25.1 Å². The number of aromatic nitrogens is 2. The molecule has 0 unspecified atom stereocenters. The topological polar surface area (TPSA) is 58.2 Å². The third-order valence-corrected chi connectivity index (χ3v) is 4.62. The van der Waals surface area contributed by atoms with Gasteiger partial charge >= 0.3 is 0 Å². The molecule has 5 nitrogen and oxygen atoms in total. The molecule has 1 saturated heterocycles. The van der Waals surface area contributed by atoms with E-state index in [1.165, 1.54) is 26.3 Å². The number of nitrogens with one attached hydrogen (secondary N) is 1. The van der Waals surface area contributed by atoms with Crippen LogP contribution in [-0.2, 0) is 0 Å². The summed E-state index contributed by atoms with van der Waals surface area (Å²) in [5.74, 6) is 0.995. The fraction of sp³-hybridized carbons (Fsp3) is 0.714. The normalized spacial score (nSPS) is 18.4. The van der Waals surface area contributed by atoms with E-state index < -0.39 is 0 Å². The molecule has 106 valence electrons. The zero-order valence-electron chi connectivity index (χ0n) is 12.0. The maximum Gasteiger partial charge on any atom is 0.295 e. The van der Waals surface area contributed by atoms with Gasteiger partial charge in [0.05, 0.1) is 13.4 Å². The number of hydrogen-bond donors (Lipinski definition) is 1. The van der Waals surface area contributed by atoms with Crippen LogP contribution < -0.4 is 15.2 Å². The lowest BCUT2D eigenvalue weighted by molar-refractivity contribution is 0.198. The summed E-state index contributed by atoms with van der Waals surface area (Å²) >= 11 is 0. The predicted molar refractivity (Wildman–Crippen MR) is 75.9 cm³/mol. The highest BCUT2D eigenvalue weighted by Gasteiger charge is 2.32. The first-order chi connectivity index (χ1) is 9.15. The summed E-state index contributed by atoms with van der Waals surface area (Å²) in [5, 5.41) is 0. The van der Waals surface area contributed by atoms with Gasteiger partial charge in [-0.1, -0.05) is 26.7 Å². The van der Waals surface area contributed by atoms with Crippen LogP contribution in [0.4, 0.5) is 5.82 Å². The lowest BCUT2D eigenvalue weighted by Gasteiger charge is -2.41. The molecule has 0 spiro atoms. The van der Waals surface area contributed by atoms with Gasteiger partial charge < -0.3 is 14.6 Å². The summed E-state index contributed by atoms with van der Waals surface area (Å²) in [4.78, 5) is 20.7. The monoisotopic (exact) mass is 265 g/mol. The van der Waals surface area contributed by atoms with E-state index in [0.29, 0.717) is 17.0 Å². The molecule has 1 fully saturated rings. The summed E-state index contributed by atoms with van der Waals surface area (Å²) < 4.78 is 5.19. The minimum Gasteiger partial charge on any atom is -0.489 e. The fourth-order valence-electron chi connectivity index (χ4n) is 2.94. The highest BCUT2D eigenvalue weighted by Crippen LogP contribution is 2.39. The van der Waals surface area contributed by atoms with Gasteiger partial charge in [0.15, 0.2) is 5.82 Å². The molecule has 0 radical (unpaired) electrons. The number of ether oxygens (including phenoxy) is 1. The zero-order chi connectivity index (χ0) is 13.9.